The minimum absolute atomic E-state index is 0.0476. The molecule has 2 heteroatoms. The maximum atomic E-state index is 5.83. The zero-order valence-corrected chi connectivity index (χ0v) is 9.07. The molecule has 0 atom stereocenters. The van der Waals surface area contributed by atoms with Gasteiger partial charge in [0.15, 0.2) is 0 Å². The third kappa shape index (κ3) is 3.28. The Labute approximate surface area is 82.0 Å². The van der Waals surface area contributed by atoms with E-state index in [1.54, 1.807) is 0 Å². The van der Waals surface area contributed by atoms with Crippen molar-refractivity contribution in [3.63, 3.8) is 0 Å². The minimum atomic E-state index is 0.0476. The third-order valence-electron chi connectivity index (χ3n) is 2.80. The van der Waals surface area contributed by atoms with E-state index in [9.17, 15) is 0 Å². The van der Waals surface area contributed by atoms with Crippen LogP contribution >= 0.6 is 0 Å². The van der Waals surface area contributed by atoms with Gasteiger partial charge < -0.3 is 4.74 Å². The van der Waals surface area contributed by atoms with Gasteiger partial charge in [0.1, 0.15) is 5.72 Å². The van der Waals surface area contributed by atoms with Crippen molar-refractivity contribution < 1.29 is 4.74 Å². The highest BCUT2D eigenvalue weighted by molar-refractivity contribution is 4.82. The monoisotopic (exact) mass is 185 g/mol. The standard InChI is InChI=1S/C11H23NO/c1-3-5-7-11(8-6-4-2)12-9-10-13-11/h12H,3-10H2,1-2H3. The van der Waals surface area contributed by atoms with Crippen molar-refractivity contribution in [2.24, 2.45) is 0 Å². The summed E-state index contributed by atoms with van der Waals surface area (Å²) in [5.74, 6) is 0. The Morgan fingerprint density at radius 3 is 2.15 bits per heavy atom. The lowest BCUT2D eigenvalue weighted by atomic mass is 10.00. The molecule has 0 aromatic rings. The first kappa shape index (κ1) is 11.0. The molecule has 0 bridgehead atoms. The quantitative estimate of drug-likeness (QED) is 0.687. The molecule has 0 aliphatic carbocycles. The third-order valence-corrected chi connectivity index (χ3v) is 2.80. The van der Waals surface area contributed by atoms with Crippen molar-refractivity contribution >= 4 is 0 Å². The number of hydrogen-bond donors (Lipinski definition) is 1. The summed E-state index contributed by atoms with van der Waals surface area (Å²) in [6.45, 7) is 6.41. The molecule has 1 N–H and O–H groups in total. The first-order valence-electron chi connectivity index (χ1n) is 5.72. The van der Waals surface area contributed by atoms with E-state index in [0.717, 1.165) is 13.2 Å². The van der Waals surface area contributed by atoms with Crippen LogP contribution in [0, 0.1) is 0 Å². The van der Waals surface area contributed by atoms with Gasteiger partial charge in [0, 0.05) is 6.54 Å². The van der Waals surface area contributed by atoms with E-state index in [4.69, 9.17) is 4.74 Å². The van der Waals surface area contributed by atoms with E-state index in [-0.39, 0.29) is 5.72 Å². The largest absolute Gasteiger partial charge is 0.359 e. The number of nitrogens with one attached hydrogen (secondary N) is 1. The van der Waals surface area contributed by atoms with E-state index in [1.165, 1.54) is 38.5 Å². The number of rotatable bonds is 6. The Kier molecular flexibility index (Phi) is 4.74. The van der Waals surface area contributed by atoms with Gasteiger partial charge in [-0.05, 0) is 25.7 Å². The molecule has 2 nitrogen and oxygen atoms in total. The fourth-order valence-electron chi connectivity index (χ4n) is 1.95. The summed E-state index contributed by atoms with van der Waals surface area (Å²) >= 11 is 0. The van der Waals surface area contributed by atoms with E-state index in [1.807, 2.05) is 0 Å². The van der Waals surface area contributed by atoms with Crippen LogP contribution in [0.2, 0.25) is 0 Å². The van der Waals surface area contributed by atoms with Crippen LogP contribution in [0.3, 0.4) is 0 Å². The van der Waals surface area contributed by atoms with Gasteiger partial charge in [0.25, 0.3) is 0 Å². The summed E-state index contributed by atoms with van der Waals surface area (Å²) < 4.78 is 5.83. The van der Waals surface area contributed by atoms with E-state index >= 15 is 0 Å². The molecule has 1 heterocycles. The summed E-state index contributed by atoms with van der Waals surface area (Å²) in [6, 6.07) is 0. The molecule has 0 aromatic heterocycles. The van der Waals surface area contributed by atoms with Gasteiger partial charge >= 0.3 is 0 Å². The molecule has 0 amide bonds. The Morgan fingerprint density at radius 2 is 1.77 bits per heavy atom. The summed E-state index contributed by atoms with van der Waals surface area (Å²) in [5.41, 5.74) is 0.0476. The fourth-order valence-corrected chi connectivity index (χ4v) is 1.95. The molecule has 1 fully saturated rings. The second-order valence-electron chi connectivity index (χ2n) is 3.98. The highest BCUT2D eigenvalue weighted by Gasteiger charge is 2.32. The van der Waals surface area contributed by atoms with Crippen LogP contribution in [0.5, 0.6) is 0 Å². The van der Waals surface area contributed by atoms with Crippen LogP contribution in [0.1, 0.15) is 52.4 Å². The first-order valence-corrected chi connectivity index (χ1v) is 5.72. The van der Waals surface area contributed by atoms with Crippen LogP contribution in [-0.4, -0.2) is 18.9 Å². The molecule has 13 heavy (non-hydrogen) atoms. The highest BCUT2D eigenvalue weighted by Crippen LogP contribution is 2.25. The second kappa shape index (κ2) is 5.61. The van der Waals surface area contributed by atoms with Crippen molar-refractivity contribution in [3.8, 4) is 0 Å². The van der Waals surface area contributed by atoms with Crippen LogP contribution in [-0.2, 0) is 4.74 Å². The maximum absolute atomic E-state index is 5.83. The fraction of sp³-hybridized carbons (Fsp3) is 1.00. The zero-order valence-electron chi connectivity index (χ0n) is 9.07. The van der Waals surface area contributed by atoms with Crippen LogP contribution in [0.25, 0.3) is 0 Å². The maximum Gasteiger partial charge on any atom is 0.119 e. The first-order chi connectivity index (χ1) is 6.33. The van der Waals surface area contributed by atoms with Crippen molar-refractivity contribution in [1.82, 2.24) is 5.32 Å². The Morgan fingerprint density at radius 1 is 1.15 bits per heavy atom. The Bertz CT molecular complexity index is 120. The summed E-state index contributed by atoms with van der Waals surface area (Å²) in [7, 11) is 0. The van der Waals surface area contributed by atoms with E-state index in [0.29, 0.717) is 0 Å². The molecule has 0 unspecified atom stereocenters. The molecule has 0 saturated carbocycles. The van der Waals surface area contributed by atoms with Crippen molar-refractivity contribution in [1.29, 1.82) is 0 Å². The average molecular weight is 185 g/mol. The summed E-state index contributed by atoms with van der Waals surface area (Å²) in [6.07, 6.45) is 7.44. The predicted molar refractivity (Wildman–Crippen MR) is 55.7 cm³/mol. The van der Waals surface area contributed by atoms with Gasteiger partial charge in [-0.1, -0.05) is 26.7 Å². The van der Waals surface area contributed by atoms with Gasteiger partial charge in [-0.15, -0.1) is 0 Å². The number of ether oxygens (including phenoxy) is 1. The molecular weight excluding hydrogens is 162 g/mol. The molecule has 1 saturated heterocycles. The Hall–Kier alpha value is -0.0800. The van der Waals surface area contributed by atoms with E-state index in [2.05, 4.69) is 19.2 Å². The van der Waals surface area contributed by atoms with Crippen LogP contribution in [0.15, 0.2) is 0 Å². The SMILES string of the molecule is CCCCC1(CCCC)NCCO1. The average Bonchev–Trinajstić information content (AvgIpc) is 2.61. The molecule has 0 radical (unpaired) electrons. The second-order valence-corrected chi connectivity index (χ2v) is 3.98. The van der Waals surface area contributed by atoms with Crippen molar-refractivity contribution in [3.05, 3.63) is 0 Å². The van der Waals surface area contributed by atoms with Gasteiger partial charge in [-0.3, -0.25) is 5.32 Å². The van der Waals surface area contributed by atoms with Gasteiger partial charge in [0.2, 0.25) is 0 Å². The molecular formula is C11H23NO. The smallest absolute Gasteiger partial charge is 0.119 e. The highest BCUT2D eigenvalue weighted by atomic mass is 16.5. The zero-order chi connectivity index (χ0) is 9.57. The molecule has 1 rings (SSSR count). The summed E-state index contributed by atoms with van der Waals surface area (Å²) in [5, 5.41) is 3.52. The van der Waals surface area contributed by atoms with Crippen molar-refractivity contribution in [2.75, 3.05) is 13.2 Å². The summed E-state index contributed by atoms with van der Waals surface area (Å²) in [4.78, 5) is 0. The van der Waals surface area contributed by atoms with Crippen LogP contribution < -0.4 is 5.32 Å². The lowest BCUT2D eigenvalue weighted by Crippen LogP contribution is -2.41. The van der Waals surface area contributed by atoms with Gasteiger partial charge in [-0.25, -0.2) is 0 Å². The minimum Gasteiger partial charge on any atom is -0.359 e. The molecule has 1 aliphatic heterocycles. The number of unbranched alkanes of at least 4 members (excludes halogenated alkanes) is 2. The lowest BCUT2D eigenvalue weighted by molar-refractivity contribution is -0.0269. The predicted octanol–water partition coefficient (Wildman–Crippen LogP) is 2.68. The van der Waals surface area contributed by atoms with Crippen LogP contribution in [0.4, 0.5) is 0 Å². The molecule has 78 valence electrons. The Balaban J connectivity index is 2.33. The van der Waals surface area contributed by atoms with Gasteiger partial charge in [-0.2, -0.15) is 0 Å². The molecule has 1 aliphatic rings. The molecule has 0 aromatic carbocycles. The normalized spacial score (nSPS) is 20.8. The van der Waals surface area contributed by atoms with Gasteiger partial charge in [0.05, 0.1) is 6.61 Å². The lowest BCUT2D eigenvalue weighted by Gasteiger charge is -2.28. The topological polar surface area (TPSA) is 21.3 Å². The van der Waals surface area contributed by atoms with E-state index < -0.39 is 0 Å². The number of hydrogen-bond acceptors (Lipinski definition) is 2. The molecule has 0 spiro atoms. The van der Waals surface area contributed by atoms with Crippen molar-refractivity contribution in [2.45, 2.75) is 58.1 Å².